The third-order valence-corrected chi connectivity index (χ3v) is 4.24. The van der Waals surface area contributed by atoms with Crippen molar-refractivity contribution in [2.24, 2.45) is 0 Å². The van der Waals surface area contributed by atoms with E-state index in [9.17, 15) is 13.6 Å². The lowest BCUT2D eigenvalue weighted by Gasteiger charge is -2.14. The Labute approximate surface area is 162 Å². The zero-order valence-electron chi connectivity index (χ0n) is 15.4. The van der Waals surface area contributed by atoms with Crippen molar-refractivity contribution >= 4 is 11.6 Å². The molecule has 4 nitrogen and oxygen atoms in total. The second-order valence-electron chi connectivity index (χ2n) is 6.35. The number of ether oxygens (including phenoxy) is 1. The minimum Gasteiger partial charge on any atom is -0.455 e. The number of quaternary nitrogens is 1. The fraction of sp³-hybridized carbons (Fsp3) is 0.136. The van der Waals surface area contributed by atoms with Gasteiger partial charge in [-0.15, -0.1) is 0 Å². The van der Waals surface area contributed by atoms with Crippen molar-refractivity contribution in [3.63, 3.8) is 0 Å². The summed E-state index contributed by atoms with van der Waals surface area (Å²) >= 11 is 0. The molecule has 0 radical (unpaired) electrons. The van der Waals surface area contributed by atoms with Gasteiger partial charge in [0.15, 0.2) is 12.3 Å². The van der Waals surface area contributed by atoms with Crippen molar-refractivity contribution < 1.29 is 23.6 Å². The molecule has 0 aliphatic rings. The summed E-state index contributed by atoms with van der Waals surface area (Å²) in [4.78, 5) is 12.3. The number of hydrogen-bond donors (Lipinski definition) is 2. The van der Waals surface area contributed by atoms with Gasteiger partial charge in [-0.05, 0) is 43.3 Å². The molecule has 6 heteroatoms. The van der Waals surface area contributed by atoms with E-state index in [1.54, 1.807) is 30.4 Å². The van der Waals surface area contributed by atoms with Gasteiger partial charge in [-0.2, -0.15) is 0 Å². The molecular formula is C22H21F2N2O2+. The van der Waals surface area contributed by atoms with Crippen LogP contribution in [-0.4, -0.2) is 12.5 Å². The summed E-state index contributed by atoms with van der Waals surface area (Å²) in [7, 11) is 0. The lowest BCUT2D eigenvalue weighted by atomic mass is 10.1. The normalized spacial score (nSPS) is 11.7. The molecule has 1 atom stereocenters. The number of carbonyl (C=O) groups excluding carboxylic acids is 1. The number of para-hydroxylation sites is 3. The molecule has 0 aliphatic heterocycles. The first kappa shape index (κ1) is 19.5. The molecule has 0 spiro atoms. The molecule has 28 heavy (non-hydrogen) atoms. The van der Waals surface area contributed by atoms with Gasteiger partial charge in [-0.1, -0.05) is 30.3 Å². The first-order chi connectivity index (χ1) is 13.5. The second kappa shape index (κ2) is 9.10. The third kappa shape index (κ3) is 5.14. The largest absolute Gasteiger partial charge is 0.455 e. The van der Waals surface area contributed by atoms with Crippen LogP contribution in [0.4, 0.5) is 14.5 Å². The third-order valence-electron chi connectivity index (χ3n) is 4.24. The van der Waals surface area contributed by atoms with Crippen molar-refractivity contribution in [3.8, 4) is 11.5 Å². The van der Waals surface area contributed by atoms with Crippen LogP contribution in [0.2, 0.25) is 0 Å². The van der Waals surface area contributed by atoms with E-state index in [4.69, 9.17) is 4.74 Å². The monoisotopic (exact) mass is 383 g/mol. The molecule has 0 saturated carbocycles. The van der Waals surface area contributed by atoms with Gasteiger partial charge in [0, 0.05) is 11.6 Å². The van der Waals surface area contributed by atoms with Crippen LogP contribution >= 0.6 is 0 Å². The number of halogens is 2. The number of anilines is 1. The number of nitrogens with two attached hydrogens (primary N) is 1. The maximum absolute atomic E-state index is 13.9. The Balaban J connectivity index is 1.60. The summed E-state index contributed by atoms with van der Waals surface area (Å²) in [5, 5.41) is 4.50. The van der Waals surface area contributed by atoms with Gasteiger partial charge in [0.1, 0.15) is 23.4 Å². The zero-order chi connectivity index (χ0) is 19.9. The highest BCUT2D eigenvalue weighted by molar-refractivity contribution is 5.92. The number of benzene rings is 3. The van der Waals surface area contributed by atoms with Gasteiger partial charge >= 0.3 is 0 Å². The lowest BCUT2D eigenvalue weighted by molar-refractivity contribution is -0.682. The number of amides is 1. The zero-order valence-corrected chi connectivity index (χ0v) is 15.4. The molecule has 0 unspecified atom stereocenters. The van der Waals surface area contributed by atoms with Crippen molar-refractivity contribution in [3.05, 3.63) is 90.0 Å². The van der Waals surface area contributed by atoms with Gasteiger partial charge in [0.25, 0.3) is 5.91 Å². The molecule has 0 fully saturated rings. The molecule has 1 amide bonds. The summed E-state index contributed by atoms with van der Waals surface area (Å²) in [5.41, 5.74) is 0.896. The SMILES string of the molecule is C[C@H]([NH2+]CC(=O)Nc1ccccc1Oc1ccccc1)c1ccc(F)cc1F. The van der Waals surface area contributed by atoms with E-state index in [1.165, 1.54) is 12.1 Å². The summed E-state index contributed by atoms with van der Waals surface area (Å²) in [5.74, 6) is -0.304. The predicted molar refractivity (Wildman–Crippen MR) is 103 cm³/mol. The Morgan fingerprint density at radius 2 is 1.75 bits per heavy atom. The molecule has 0 saturated heterocycles. The van der Waals surface area contributed by atoms with Crippen LogP contribution in [0.15, 0.2) is 72.8 Å². The first-order valence-electron chi connectivity index (χ1n) is 8.93. The van der Waals surface area contributed by atoms with Gasteiger partial charge in [-0.3, -0.25) is 4.79 Å². The molecule has 3 aromatic rings. The maximum Gasteiger partial charge on any atom is 0.279 e. The number of hydrogen-bond acceptors (Lipinski definition) is 2. The minimum absolute atomic E-state index is 0.0810. The van der Waals surface area contributed by atoms with E-state index in [1.807, 2.05) is 36.4 Å². The Bertz CT molecular complexity index is 948. The molecule has 0 aromatic heterocycles. The van der Waals surface area contributed by atoms with Crippen molar-refractivity contribution in [2.45, 2.75) is 13.0 Å². The van der Waals surface area contributed by atoms with Gasteiger partial charge in [0.2, 0.25) is 0 Å². The van der Waals surface area contributed by atoms with Crippen molar-refractivity contribution in [1.82, 2.24) is 0 Å². The van der Waals surface area contributed by atoms with Gasteiger partial charge < -0.3 is 15.4 Å². The number of carbonyl (C=O) groups is 1. The summed E-state index contributed by atoms with van der Waals surface area (Å²) in [6, 6.07) is 19.5. The average Bonchev–Trinajstić information content (AvgIpc) is 2.68. The average molecular weight is 383 g/mol. The molecule has 3 aromatic carbocycles. The Hall–Kier alpha value is -3.25. The topological polar surface area (TPSA) is 54.9 Å². The number of nitrogens with one attached hydrogen (secondary N) is 1. The van der Waals surface area contributed by atoms with Crippen LogP contribution in [0.25, 0.3) is 0 Å². The smallest absolute Gasteiger partial charge is 0.279 e. The maximum atomic E-state index is 13.9. The fourth-order valence-electron chi connectivity index (χ4n) is 2.76. The van der Waals surface area contributed by atoms with E-state index in [-0.39, 0.29) is 18.5 Å². The lowest BCUT2D eigenvalue weighted by Crippen LogP contribution is -2.86. The minimum atomic E-state index is -0.624. The predicted octanol–water partition coefficient (Wildman–Crippen LogP) is 4.02. The highest BCUT2D eigenvalue weighted by Crippen LogP contribution is 2.28. The van der Waals surface area contributed by atoms with Crippen LogP contribution < -0.4 is 15.4 Å². The Kier molecular flexibility index (Phi) is 6.34. The molecule has 0 bridgehead atoms. The standard InChI is InChI=1S/C22H20F2N2O2/c1-15(18-12-11-16(23)13-19(18)24)25-14-22(27)26-20-9-5-6-10-21(20)28-17-7-3-2-4-8-17/h2-13,15,25H,14H2,1H3,(H,26,27)/p+1/t15-/m0/s1. The highest BCUT2D eigenvalue weighted by Gasteiger charge is 2.17. The van der Waals surface area contributed by atoms with E-state index in [0.29, 0.717) is 22.7 Å². The van der Waals surface area contributed by atoms with Crippen LogP contribution in [-0.2, 0) is 4.79 Å². The summed E-state index contributed by atoms with van der Waals surface area (Å²) in [6.45, 7) is 1.84. The van der Waals surface area contributed by atoms with Crippen LogP contribution in [0, 0.1) is 11.6 Å². The molecule has 3 rings (SSSR count). The Morgan fingerprint density at radius 1 is 1.04 bits per heavy atom. The molecule has 0 aliphatic carbocycles. The first-order valence-corrected chi connectivity index (χ1v) is 8.93. The van der Waals surface area contributed by atoms with Crippen LogP contribution in [0.1, 0.15) is 18.5 Å². The molecular weight excluding hydrogens is 362 g/mol. The van der Waals surface area contributed by atoms with E-state index >= 15 is 0 Å². The van der Waals surface area contributed by atoms with E-state index in [2.05, 4.69) is 5.32 Å². The van der Waals surface area contributed by atoms with E-state index in [0.717, 1.165) is 6.07 Å². The van der Waals surface area contributed by atoms with Crippen LogP contribution in [0.5, 0.6) is 11.5 Å². The van der Waals surface area contributed by atoms with Crippen LogP contribution in [0.3, 0.4) is 0 Å². The quantitative estimate of drug-likeness (QED) is 0.648. The summed E-state index contributed by atoms with van der Waals surface area (Å²) in [6.07, 6.45) is 0. The van der Waals surface area contributed by atoms with Crippen molar-refractivity contribution in [2.75, 3.05) is 11.9 Å². The molecule has 3 N–H and O–H groups in total. The summed E-state index contributed by atoms with van der Waals surface area (Å²) < 4.78 is 32.7. The fourth-order valence-corrected chi connectivity index (χ4v) is 2.76. The van der Waals surface area contributed by atoms with E-state index < -0.39 is 11.6 Å². The second-order valence-corrected chi connectivity index (χ2v) is 6.35. The van der Waals surface area contributed by atoms with Gasteiger partial charge in [0.05, 0.1) is 5.69 Å². The highest BCUT2D eigenvalue weighted by atomic mass is 19.1. The molecule has 144 valence electrons. The number of rotatable bonds is 7. The Morgan fingerprint density at radius 3 is 2.50 bits per heavy atom. The van der Waals surface area contributed by atoms with Crippen molar-refractivity contribution in [1.29, 1.82) is 0 Å². The molecule has 0 heterocycles. The van der Waals surface area contributed by atoms with Gasteiger partial charge in [-0.25, -0.2) is 8.78 Å².